The van der Waals surface area contributed by atoms with Gasteiger partial charge < -0.3 is 14.6 Å². The molecule has 1 N–H and O–H groups in total. The van der Waals surface area contributed by atoms with Crippen molar-refractivity contribution in [1.29, 1.82) is 0 Å². The van der Waals surface area contributed by atoms with Crippen molar-refractivity contribution in [3.63, 3.8) is 0 Å². The zero-order valence-corrected chi connectivity index (χ0v) is 14.1. The highest BCUT2D eigenvalue weighted by Gasteiger charge is 2.30. The molecule has 3 heterocycles. The van der Waals surface area contributed by atoms with Crippen LogP contribution in [0.15, 0.2) is 24.8 Å². The number of nitrogens with zero attached hydrogens (tertiary/aromatic N) is 3. The van der Waals surface area contributed by atoms with Crippen molar-refractivity contribution < 1.29 is 9.53 Å². The van der Waals surface area contributed by atoms with Gasteiger partial charge in [0.1, 0.15) is 0 Å². The summed E-state index contributed by atoms with van der Waals surface area (Å²) in [6.07, 6.45) is 13.7. The maximum Gasteiger partial charge on any atom is 0.256 e. The molecule has 0 radical (unpaired) electrons. The number of aryl methyl sites for hydroxylation is 1. The lowest BCUT2D eigenvalue weighted by Gasteiger charge is -2.37. The van der Waals surface area contributed by atoms with Gasteiger partial charge in [0.15, 0.2) is 0 Å². The van der Waals surface area contributed by atoms with Crippen LogP contribution in [0.2, 0.25) is 0 Å². The van der Waals surface area contributed by atoms with Crippen LogP contribution < -0.4 is 0 Å². The van der Waals surface area contributed by atoms with E-state index in [2.05, 4.69) is 10.1 Å². The highest BCUT2D eigenvalue weighted by atomic mass is 16.5. The summed E-state index contributed by atoms with van der Waals surface area (Å²) in [5.41, 5.74) is 2.59. The predicted molar refractivity (Wildman–Crippen MR) is 90.6 cm³/mol. The van der Waals surface area contributed by atoms with Crippen LogP contribution in [0.3, 0.4) is 0 Å². The van der Waals surface area contributed by atoms with Gasteiger partial charge in [0, 0.05) is 49.9 Å². The fourth-order valence-corrected chi connectivity index (χ4v) is 3.52. The third kappa shape index (κ3) is 2.98. The van der Waals surface area contributed by atoms with Gasteiger partial charge in [-0.05, 0) is 32.1 Å². The lowest BCUT2D eigenvalue weighted by Crippen LogP contribution is -2.45. The van der Waals surface area contributed by atoms with Crippen molar-refractivity contribution in [2.75, 3.05) is 13.1 Å². The van der Waals surface area contributed by atoms with Gasteiger partial charge in [0.05, 0.1) is 24.0 Å². The number of piperidine rings is 1. The first kappa shape index (κ1) is 15.4. The zero-order valence-electron chi connectivity index (χ0n) is 14.1. The third-order valence-electron chi connectivity index (χ3n) is 5.09. The first-order valence-corrected chi connectivity index (χ1v) is 8.81. The Balaban J connectivity index is 1.48. The van der Waals surface area contributed by atoms with Crippen LogP contribution in [-0.4, -0.2) is 50.9 Å². The van der Waals surface area contributed by atoms with E-state index in [1.54, 1.807) is 17.1 Å². The average molecular weight is 328 g/mol. The lowest BCUT2D eigenvalue weighted by atomic mass is 9.95. The molecule has 1 atom stereocenters. The van der Waals surface area contributed by atoms with Crippen LogP contribution in [-0.2, 0) is 11.8 Å². The molecule has 1 aliphatic carbocycles. The normalized spacial score (nSPS) is 21.7. The Morgan fingerprint density at radius 2 is 2.08 bits per heavy atom. The smallest absolute Gasteiger partial charge is 0.256 e. The fourth-order valence-electron chi connectivity index (χ4n) is 3.52. The first-order valence-electron chi connectivity index (χ1n) is 8.81. The molecule has 0 bridgehead atoms. The van der Waals surface area contributed by atoms with Crippen LogP contribution in [0.25, 0.3) is 11.1 Å². The Morgan fingerprint density at radius 1 is 1.25 bits per heavy atom. The molecule has 2 aliphatic rings. The van der Waals surface area contributed by atoms with Gasteiger partial charge in [-0.3, -0.25) is 9.48 Å². The van der Waals surface area contributed by atoms with E-state index in [0.717, 1.165) is 30.5 Å². The van der Waals surface area contributed by atoms with Crippen LogP contribution in [0.5, 0.6) is 0 Å². The zero-order chi connectivity index (χ0) is 16.5. The third-order valence-corrected chi connectivity index (χ3v) is 5.09. The van der Waals surface area contributed by atoms with E-state index in [-0.39, 0.29) is 12.0 Å². The van der Waals surface area contributed by atoms with E-state index in [1.165, 1.54) is 19.3 Å². The molecule has 6 nitrogen and oxygen atoms in total. The molecule has 1 aliphatic heterocycles. The maximum atomic E-state index is 13.0. The Hall–Kier alpha value is -2.08. The second-order valence-corrected chi connectivity index (χ2v) is 6.89. The highest BCUT2D eigenvalue weighted by molar-refractivity contribution is 6.00. The molecule has 1 saturated carbocycles. The largest absolute Gasteiger partial charge is 0.373 e. The molecular formula is C18H24N4O2. The predicted octanol–water partition coefficient (Wildman–Crippen LogP) is 2.59. The van der Waals surface area contributed by atoms with Gasteiger partial charge in [0.25, 0.3) is 5.91 Å². The van der Waals surface area contributed by atoms with Crippen LogP contribution in [0.4, 0.5) is 0 Å². The number of likely N-dealkylation sites (tertiary alicyclic amines) is 1. The van der Waals surface area contributed by atoms with E-state index in [1.807, 2.05) is 24.3 Å². The van der Waals surface area contributed by atoms with Crippen LogP contribution in [0, 0.1) is 0 Å². The molecule has 1 unspecified atom stereocenters. The molecule has 128 valence electrons. The Labute approximate surface area is 141 Å². The lowest BCUT2D eigenvalue weighted by molar-refractivity contribution is -0.0734. The van der Waals surface area contributed by atoms with Crippen molar-refractivity contribution in [2.24, 2.45) is 7.05 Å². The van der Waals surface area contributed by atoms with Gasteiger partial charge in [-0.25, -0.2) is 0 Å². The number of nitrogens with one attached hydrogen (secondary N) is 1. The van der Waals surface area contributed by atoms with Crippen LogP contribution in [0.1, 0.15) is 42.5 Å². The maximum absolute atomic E-state index is 13.0. The SMILES string of the molecule is Cn1cc(-c2c[nH]cc2C(=O)N2CCCC(OC3CCC3)C2)cn1. The quantitative estimate of drug-likeness (QED) is 0.938. The van der Waals surface area contributed by atoms with Crippen molar-refractivity contribution in [2.45, 2.75) is 44.3 Å². The minimum atomic E-state index is 0.0806. The molecule has 1 amide bonds. The number of hydrogen-bond acceptors (Lipinski definition) is 3. The second-order valence-electron chi connectivity index (χ2n) is 6.89. The summed E-state index contributed by atoms with van der Waals surface area (Å²) in [6, 6.07) is 0. The Kier molecular flexibility index (Phi) is 4.14. The molecule has 6 heteroatoms. The number of hydrogen-bond donors (Lipinski definition) is 1. The average Bonchev–Trinajstić information content (AvgIpc) is 3.19. The number of aromatic nitrogens is 3. The van der Waals surface area contributed by atoms with Crippen molar-refractivity contribution >= 4 is 5.91 Å². The summed E-state index contributed by atoms with van der Waals surface area (Å²) >= 11 is 0. The van der Waals surface area contributed by atoms with Crippen molar-refractivity contribution in [3.05, 3.63) is 30.4 Å². The Bertz CT molecular complexity index is 716. The molecule has 4 rings (SSSR count). The second kappa shape index (κ2) is 6.43. The molecule has 2 aromatic rings. The van der Waals surface area contributed by atoms with Gasteiger partial charge in [-0.15, -0.1) is 0 Å². The number of H-pyrrole nitrogens is 1. The minimum Gasteiger partial charge on any atom is -0.373 e. The van der Waals surface area contributed by atoms with Crippen molar-refractivity contribution in [1.82, 2.24) is 19.7 Å². The summed E-state index contributed by atoms with van der Waals surface area (Å²) in [4.78, 5) is 18.0. The number of carbonyl (C=O) groups is 1. The highest BCUT2D eigenvalue weighted by Crippen LogP contribution is 2.28. The minimum absolute atomic E-state index is 0.0806. The molecule has 2 aromatic heterocycles. The Morgan fingerprint density at radius 3 is 2.79 bits per heavy atom. The van der Waals surface area contributed by atoms with Gasteiger partial charge >= 0.3 is 0 Å². The topological polar surface area (TPSA) is 63.2 Å². The van der Waals surface area contributed by atoms with E-state index in [9.17, 15) is 4.79 Å². The molecule has 0 spiro atoms. The monoisotopic (exact) mass is 328 g/mol. The molecule has 24 heavy (non-hydrogen) atoms. The number of aromatic amines is 1. The number of amides is 1. The summed E-state index contributed by atoms with van der Waals surface area (Å²) < 4.78 is 7.88. The summed E-state index contributed by atoms with van der Waals surface area (Å²) in [6.45, 7) is 1.51. The fraction of sp³-hybridized carbons (Fsp3) is 0.556. The molecule has 0 aromatic carbocycles. The van der Waals surface area contributed by atoms with Crippen LogP contribution >= 0.6 is 0 Å². The number of ether oxygens (including phenoxy) is 1. The number of rotatable bonds is 4. The summed E-state index contributed by atoms with van der Waals surface area (Å²) in [5, 5.41) is 4.20. The molecular weight excluding hydrogens is 304 g/mol. The summed E-state index contributed by atoms with van der Waals surface area (Å²) in [5.74, 6) is 0.0806. The molecule has 1 saturated heterocycles. The summed E-state index contributed by atoms with van der Waals surface area (Å²) in [7, 11) is 1.88. The van der Waals surface area contributed by atoms with E-state index < -0.39 is 0 Å². The van der Waals surface area contributed by atoms with Gasteiger partial charge in [0.2, 0.25) is 0 Å². The van der Waals surface area contributed by atoms with E-state index in [4.69, 9.17) is 4.74 Å². The van der Waals surface area contributed by atoms with E-state index >= 15 is 0 Å². The van der Waals surface area contributed by atoms with Crippen molar-refractivity contribution in [3.8, 4) is 11.1 Å². The molecule has 2 fully saturated rings. The van der Waals surface area contributed by atoms with Gasteiger partial charge in [-0.2, -0.15) is 5.10 Å². The van der Waals surface area contributed by atoms with Gasteiger partial charge in [-0.1, -0.05) is 0 Å². The number of carbonyl (C=O) groups excluding carboxylic acids is 1. The standard InChI is InChI=1S/C18H24N4O2/c1-21-11-13(8-20-21)16-9-19-10-17(16)18(23)22-7-3-6-15(12-22)24-14-4-2-5-14/h8-11,14-15,19H,2-7,12H2,1H3. The van der Waals surface area contributed by atoms with E-state index in [0.29, 0.717) is 18.2 Å². The first-order chi connectivity index (χ1) is 11.7.